The van der Waals surface area contributed by atoms with Crippen LogP contribution in [-0.4, -0.2) is 54.5 Å². The standard InChI is InChI=1S/C27H33N5O4S/c1-17-9-10-22-21(13-17)24(28-19-14-20(15-19)29-26(33)36-27(2,3)4)31-25(30-22)32-11-12-37(34,35)23-8-6-5-7-18(23)16-32/h5-10,13,19-20H,11-12,14-16H2,1-4H3,(H,29,33)(H,28,30,31). The van der Waals surface area contributed by atoms with Gasteiger partial charge in [-0.05, 0) is 64.3 Å². The van der Waals surface area contributed by atoms with Crippen molar-refractivity contribution in [3.63, 3.8) is 0 Å². The Balaban J connectivity index is 1.38. The summed E-state index contributed by atoms with van der Waals surface area (Å²) in [5.74, 6) is 1.21. The Morgan fingerprint density at radius 3 is 2.59 bits per heavy atom. The first-order chi connectivity index (χ1) is 17.5. The SMILES string of the molecule is Cc1ccc2nc(N3CCS(=O)(=O)c4ccccc4C3)nc(NC3CC(NC(=O)OC(C)(C)C)C3)c2c1. The predicted molar refractivity (Wildman–Crippen MR) is 144 cm³/mol. The number of alkyl carbamates (subject to hydrolysis) is 1. The summed E-state index contributed by atoms with van der Waals surface area (Å²) >= 11 is 0. The van der Waals surface area contributed by atoms with Crippen molar-refractivity contribution in [2.45, 2.75) is 69.7 Å². The number of hydrogen-bond donors (Lipinski definition) is 2. The number of nitrogens with zero attached hydrogens (tertiary/aromatic N) is 3. The number of fused-ring (bicyclic) bond motifs is 2. The van der Waals surface area contributed by atoms with Gasteiger partial charge in [0.15, 0.2) is 9.84 Å². The highest BCUT2D eigenvalue weighted by molar-refractivity contribution is 7.91. The summed E-state index contributed by atoms with van der Waals surface area (Å²) in [5, 5.41) is 7.38. The molecule has 2 aromatic carbocycles. The fraction of sp³-hybridized carbons (Fsp3) is 0.444. The molecule has 1 saturated carbocycles. The number of sulfone groups is 1. The first-order valence-electron chi connectivity index (χ1n) is 12.6. The van der Waals surface area contributed by atoms with Gasteiger partial charge in [0.1, 0.15) is 11.4 Å². The lowest BCUT2D eigenvalue weighted by Gasteiger charge is -2.37. The molecule has 0 saturated heterocycles. The van der Waals surface area contributed by atoms with E-state index in [1.165, 1.54) is 0 Å². The van der Waals surface area contributed by atoms with Crippen LogP contribution in [0.5, 0.6) is 0 Å². The zero-order valence-electron chi connectivity index (χ0n) is 21.6. The Labute approximate surface area is 217 Å². The number of anilines is 2. The van der Waals surface area contributed by atoms with Gasteiger partial charge in [-0.15, -0.1) is 0 Å². The molecule has 1 aliphatic carbocycles. The number of benzene rings is 2. The number of ether oxygens (including phenoxy) is 1. The highest BCUT2D eigenvalue weighted by Gasteiger charge is 2.33. The van der Waals surface area contributed by atoms with Crippen molar-refractivity contribution >= 4 is 38.6 Å². The number of carbonyl (C=O) groups excluding carboxylic acids is 1. The molecule has 5 rings (SSSR count). The minimum absolute atomic E-state index is 0.00269. The summed E-state index contributed by atoms with van der Waals surface area (Å²) in [6.45, 7) is 8.27. The second-order valence-electron chi connectivity index (χ2n) is 10.9. The van der Waals surface area contributed by atoms with E-state index in [-0.39, 0.29) is 17.8 Å². The first-order valence-corrected chi connectivity index (χ1v) is 14.2. The first kappa shape index (κ1) is 25.3. The van der Waals surface area contributed by atoms with Gasteiger partial charge in [0, 0.05) is 30.6 Å². The predicted octanol–water partition coefficient (Wildman–Crippen LogP) is 4.20. The van der Waals surface area contributed by atoms with E-state index in [1.54, 1.807) is 12.1 Å². The van der Waals surface area contributed by atoms with Crippen LogP contribution < -0.4 is 15.5 Å². The average molecular weight is 524 g/mol. The van der Waals surface area contributed by atoms with E-state index in [0.29, 0.717) is 29.8 Å². The van der Waals surface area contributed by atoms with E-state index in [9.17, 15) is 13.2 Å². The molecule has 10 heteroatoms. The molecule has 0 atom stereocenters. The lowest BCUT2D eigenvalue weighted by molar-refractivity contribution is 0.0475. The van der Waals surface area contributed by atoms with Crippen molar-refractivity contribution in [2.24, 2.45) is 0 Å². The molecule has 1 amide bonds. The van der Waals surface area contributed by atoms with Crippen molar-refractivity contribution in [3.05, 3.63) is 53.6 Å². The lowest BCUT2D eigenvalue weighted by Crippen LogP contribution is -2.50. The third-order valence-corrected chi connectivity index (χ3v) is 8.41. The van der Waals surface area contributed by atoms with E-state index < -0.39 is 21.5 Å². The minimum Gasteiger partial charge on any atom is -0.444 e. The number of aryl methyl sites for hydroxylation is 1. The quantitative estimate of drug-likeness (QED) is 0.523. The van der Waals surface area contributed by atoms with E-state index in [1.807, 2.05) is 56.9 Å². The Morgan fingerprint density at radius 1 is 1.08 bits per heavy atom. The number of amides is 1. The maximum atomic E-state index is 12.8. The third-order valence-electron chi connectivity index (χ3n) is 6.62. The highest BCUT2D eigenvalue weighted by Crippen LogP contribution is 2.31. The number of hydrogen-bond acceptors (Lipinski definition) is 8. The molecule has 0 bridgehead atoms. The fourth-order valence-electron chi connectivity index (χ4n) is 4.74. The van der Waals surface area contributed by atoms with E-state index in [0.717, 1.165) is 34.9 Å². The van der Waals surface area contributed by atoms with Crippen LogP contribution in [0.3, 0.4) is 0 Å². The molecular weight excluding hydrogens is 490 g/mol. The second kappa shape index (κ2) is 9.48. The van der Waals surface area contributed by atoms with Gasteiger partial charge in [-0.1, -0.05) is 29.8 Å². The zero-order chi connectivity index (χ0) is 26.4. The normalized spacial score (nSPS) is 20.9. The number of nitrogens with one attached hydrogen (secondary N) is 2. The maximum absolute atomic E-state index is 12.8. The Hall–Kier alpha value is -3.40. The van der Waals surface area contributed by atoms with Crippen LogP contribution in [0.15, 0.2) is 47.4 Å². The monoisotopic (exact) mass is 523 g/mol. The van der Waals surface area contributed by atoms with Crippen LogP contribution in [0.25, 0.3) is 10.9 Å². The van der Waals surface area contributed by atoms with Crippen molar-refractivity contribution in [1.82, 2.24) is 15.3 Å². The van der Waals surface area contributed by atoms with Crippen molar-refractivity contribution < 1.29 is 17.9 Å². The molecule has 3 aromatic rings. The maximum Gasteiger partial charge on any atom is 0.407 e. The van der Waals surface area contributed by atoms with Crippen LogP contribution in [0.4, 0.5) is 16.6 Å². The molecule has 0 spiro atoms. The Kier molecular flexibility index (Phi) is 6.47. The molecule has 37 heavy (non-hydrogen) atoms. The molecular formula is C27H33N5O4S. The van der Waals surface area contributed by atoms with Gasteiger partial charge in [0.05, 0.1) is 16.2 Å². The number of carbonyl (C=O) groups is 1. The smallest absolute Gasteiger partial charge is 0.407 e. The summed E-state index contributed by atoms with van der Waals surface area (Å²) in [6.07, 6.45) is 1.10. The van der Waals surface area contributed by atoms with Crippen molar-refractivity contribution in [2.75, 3.05) is 22.5 Å². The van der Waals surface area contributed by atoms with Gasteiger partial charge in [-0.3, -0.25) is 0 Å². The minimum atomic E-state index is -3.38. The summed E-state index contributed by atoms with van der Waals surface area (Å²) in [5.41, 5.74) is 2.10. The van der Waals surface area contributed by atoms with Gasteiger partial charge in [-0.2, -0.15) is 4.98 Å². The molecule has 0 radical (unpaired) electrons. The van der Waals surface area contributed by atoms with Gasteiger partial charge >= 0.3 is 6.09 Å². The summed E-state index contributed by atoms with van der Waals surface area (Å²) in [4.78, 5) is 24.1. The third kappa shape index (κ3) is 5.64. The number of rotatable bonds is 4. The van der Waals surface area contributed by atoms with E-state index >= 15 is 0 Å². The van der Waals surface area contributed by atoms with Crippen LogP contribution >= 0.6 is 0 Å². The Bertz CT molecular complexity index is 1440. The van der Waals surface area contributed by atoms with Gasteiger partial charge in [0.2, 0.25) is 5.95 Å². The highest BCUT2D eigenvalue weighted by atomic mass is 32.2. The molecule has 2 N–H and O–H groups in total. The molecule has 1 aliphatic heterocycles. The summed E-state index contributed by atoms with van der Waals surface area (Å²) < 4.78 is 31.0. The zero-order valence-corrected chi connectivity index (χ0v) is 22.4. The molecule has 9 nitrogen and oxygen atoms in total. The van der Waals surface area contributed by atoms with Gasteiger partial charge in [0.25, 0.3) is 0 Å². The average Bonchev–Trinajstić information content (AvgIpc) is 2.92. The van der Waals surface area contributed by atoms with Crippen LogP contribution in [0, 0.1) is 6.92 Å². The molecule has 1 aromatic heterocycles. The van der Waals surface area contributed by atoms with E-state index in [4.69, 9.17) is 14.7 Å². The van der Waals surface area contributed by atoms with Crippen molar-refractivity contribution in [3.8, 4) is 0 Å². The van der Waals surface area contributed by atoms with E-state index in [2.05, 4.69) is 16.7 Å². The van der Waals surface area contributed by atoms with Gasteiger partial charge in [-0.25, -0.2) is 18.2 Å². The van der Waals surface area contributed by atoms with Crippen molar-refractivity contribution in [1.29, 1.82) is 0 Å². The van der Waals surface area contributed by atoms with Crippen LogP contribution in [-0.2, 0) is 21.1 Å². The van der Waals surface area contributed by atoms with Crippen LogP contribution in [0.2, 0.25) is 0 Å². The lowest BCUT2D eigenvalue weighted by atomic mass is 9.87. The molecule has 2 heterocycles. The molecule has 196 valence electrons. The molecule has 1 fully saturated rings. The molecule has 0 unspecified atom stereocenters. The Morgan fingerprint density at radius 2 is 1.84 bits per heavy atom. The van der Waals surface area contributed by atoms with Gasteiger partial charge < -0.3 is 20.3 Å². The second-order valence-corrected chi connectivity index (χ2v) is 13.0. The largest absolute Gasteiger partial charge is 0.444 e. The molecule has 2 aliphatic rings. The topological polar surface area (TPSA) is 114 Å². The van der Waals surface area contributed by atoms with Crippen LogP contribution in [0.1, 0.15) is 44.7 Å². The summed E-state index contributed by atoms with van der Waals surface area (Å²) in [6, 6.07) is 13.3. The number of aromatic nitrogens is 2. The fourth-order valence-corrected chi connectivity index (χ4v) is 6.23. The summed E-state index contributed by atoms with van der Waals surface area (Å²) in [7, 11) is -3.38.